The number of fused-ring (bicyclic) bond motifs is 1. The van der Waals surface area contributed by atoms with E-state index >= 15 is 0 Å². The van der Waals surface area contributed by atoms with E-state index in [1.54, 1.807) is 17.0 Å². The number of β-amino-alcohol motifs (C(OH)–C–C–N with tert-alkyl or cyclic N) is 1. The Morgan fingerprint density at radius 3 is 2.56 bits per heavy atom. The number of nitrogens with two attached hydrogens (primary N) is 1. The molecular weight excluding hydrogens is 322 g/mol. The lowest BCUT2D eigenvalue weighted by Gasteiger charge is -2.34. The van der Waals surface area contributed by atoms with Crippen molar-refractivity contribution in [1.29, 1.82) is 0 Å². The van der Waals surface area contributed by atoms with Crippen LogP contribution in [0.4, 0.5) is 0 Å². The van der Waals surface area contributed by atoms with Crippen molar-refractivity contribution in [2.45, 2.75) is 45.0 Å². The molecule has 3 N–H and O–H groups in total. The number of hydrogen-bond donors (Lipinski definition) is 2. The summed E-state index contributed by atoms with van der Waals surface area (Å²) in [5, 5.41) is 9.87. The van der Waals surface area contributed by atoms with Crippen LogP contribution in [0.3, 0.4) is 0 Å². The molecule has 3 amide bonds. The van der Waals surface area contributed by atoms with Crippen LogP contribution in [0, 0.1) is 5.92 Å². The van der Waals surface area contributed by atoms with Gasteiger partial charge in [0.2, 0.25) is 11.8 Å². The molecular formula is C18H23N3O4. The average Bonchev–Trinajstić information content (AvgIpc) is 3.09. The molecule has 134 valence electrons. The van der Waals surface area contributed by atoms with Crippen LogP contribution in [-0.4, -0.2) is 57.4 Å². The lowest BCUT2D eigenvalue weighted by atomic mass is 10.0. The molecule has 0 radical (unpaired) electrons. The van der Waals surface area contributed by atoms with Crippen molar-refractivity contribution in [1.82, 2.24) is 9.80 Å². The van der Waals surface area contributed by atoms with Crippen LogP contribution in [0.2, 0.25) is 0 Å². The minimum atomic E-state index is -0.830. The van der Waals surface area contributed by atoms with Crippen LogP contribution in [0.1, 0.15) is 36.2 Å². The maximum atomic E-state index is 13.1. The number of benzene rings is 1. The molecule has 2 aliphatic heterocycles. The van der Waals surface area contributed by atoms with Gasteiger partial charge in [0.1, 0.15) is 12.1 Å². The molecule has 1 aromatic rings. The molecule has 7 heteroatoms. The monoisotopic (exact) mass is 345 g/mol. The highest BCUT2D eigenvalue weighted by atomic mass is 16.3. The maximum absolute atomic E-state index is 13.1. The minimum Gasteiger partial charge on any atom is -0.391 e. The van der Waals surface area contributed by atoms with E-state index in [0.717, 1.165) is 5.56 Å². The van der Waals surface area contributed by atoms with Crippen molar-refractivity contribution in [2.75, 3.05) is 6.54 Å². The van der Waals surface area contributed by atoms with Gasteiger partial charge >= 0.3 is 0 Å². The Labute approximate surface area is 146 Å². The Morgan fingerprint density at radius 2 is 1.96 bits per heavy atom. The van der Waals surface area contributed by atoms with Crippen molar-refractivity contribution in [3.05, 3.63) is 35.4 Å². The van der Waals surface area contributed by atoms with E-state index in [0.29, 0.717) is 12.1 Å². The Balaban J connectivity index is 1.89. The fourth-order valence-electron chi connectivity index (χ4n) is 3.78. The summed E-state index contributed by atoms with van der Waals surface area (Å²) in [5.41, 5.74) is 6.88. The fraction of sp³-hybridized carbons (Fsp3) is 0.500. The van der Waals surface area contributed by atoms with Gasteiger partial charge in [-0.15, -0.1) is 0 Å². The van der Waals surface area contributed by atoms with E-state index in [4.69, 9.17) is 5.73 Å². The summed E-state index contributed by atoms with van der Waals surface area (Å²) in [6.45, 7) is 4.15. The SMILES string of the molecule is CC(C)[C@@H](C(=O)N1C[C@H](O)C[C@H]1C(N)=O)N1Cc2ccccc2C1=O. The smallest absolute Gasteiger partial charge is 0.255 e. The Hall–Kier alpha value is -2.41. The summed E-state index contributed by atoms with van der Waals surface area (Å²) in [5.74, 6) is -1.30. The molecule has 0 saturated carbocycles. The first-order valence-electron chi connectivity index (χ1n) is 8.48. The van der Waals surface area contributed by atoms with Crippen molar-refractivity contribution < 1.29 is 19.5 Å². The highest BCUT2D eigenvalue weighted by molar-refractivity contribution is 6.01. The number of aliphatic hydroxyl groups is 1. The molecule has 1 saturated heterocycles. The number of rotatable bonds is 4. The minimum absolute atomic E-state index is 0.0602. The summed E-state index contributed by atoms with van der Waals surface area (Å²) >= 11 is 0. The third kappa shape index (κ3) is 3.00. The Bertz CT molecular complexity index is 718. The average molecular weight is 345 g/mol. The second-order valence-electron chi connectivity index (χ2n) is 7.08. The number of carbonyl (C=O) groups excluding carboxylic acids is 3. The van der Waals surface area contributed by atoms with Crippen molar-refractivity contribution in [3.8, 4) is 0 Å². The summed E-state index contributed by atoms with van der Waals surface area (Å²) in [6.07, 6.45) is -0.638. The molecule has 0 spiro atoms. The van der Waals surface area contributed by atoms with Crippen LogP contribution in [0.25, 0.3) is 0 Å². The zero-order valence-corrected chi connectivity index (χ0v) is 14.4. The van der Waals surface area contributed by atoms with Crippen molar-refractivity contribution in [3.63, 3.8) is 0 Å². The molecule has 25 heavy (non-hydrogen) atoms. The number of likely N-dealkylation sites (tertiary alicyclic amines) is 1. The second kappa shape index (κ2) is 6.48. The third-order valence-electron chi connectivity index (χ3n) is 4.96. The predicted molar refractivity (Wildman–Crippen MR) is 90.3 cm³/mol. The van der Waals surface area contributed by atoms with E-state index in [-0.39, 0.29) is 30.7 Å². The van der Waals surface area contributed by atoms with Crippen molar-refractivity contribution >= 4 is 17.7 Å². The maximum Gasteiger partial charge on any atom is 0.255 e. The van der Waals surface area contributed by atoms with Gasteiger partial charge in [0.15, 0.2) is 0 Å². The Kier molecular flexibility index (Phi) is 4.51. The predicted octanol–water partition coefficient (Wildman–Crippen LogP) is 0.114. The zero-order chi connectivity index (χ0) is 18.3. The first-order valence-corrected chi connectivity index (χ1v) is 8.48. The molecule has 2 aliphatic rings. The number of hydrogen-bond acceptors (Lipinski definition) is 4. The number of primary amides is 1. The molecule has 0 aliphatic carbocycles. The Morgan fingerprint density at radius 1 is 1.28 bits per heavy atom. The molecule has 2 heterocycles. The van der Waals surface area contributed by atoms with Crippen LogP contribution >= 0.6 is 0 Å². The zero-order valence-electron chi connectivity index (χ0n) is 14.4. The van der Waals surface area contributed by atoms with Gasteiger partial charge in [-0.2, -0.15) is 0 Å². The molecule has 3 rings (SSSR count). The molecule has 0 aromatic heterocycles. The number of carbonyl (C=O) groups is 3. The van der Waals surface area contributed by atoms with Crippen LogP contribution in [-0.2, 0) is 16.1 Å². The van der Waals surface area contributed by atoms with Gasteiger partial charge in [0.05, 0.1) is 6.10 Å². The van der Waals surface area contributed by atoms with Crippen LogP contribution in [0.15, 0.2) is 24.3 Å². The molecule has 3 atom stereocenters. The normalized spacial score (nSPS) is 23.9. The molecule has 1 aromatic carbocycles. The first-order chi connectivity index (χ1) is 11.8. The number of nitrogens with zero attached hydrogens (tertiary/aromatic N) is 2. The van der Waals surface area contributed by atoms with E-state index in [1.807, 2.05) is 26.0 Å². The van der Waals surface area contributed by atoms with Gasteiger partial charge in [-0.25, -0.2) is 0 Å². The van der Waals surface area contributed by atoms with Gasteiger partial charge < -0.3 is 20.6 Å². The third-order valence-corrected chi connectivity index (χ3v) is 4.96. The quantitative estimate of drug-likeness (QED) is 0.808. The van der Waals surface area contributed by atoms with Crippen LogP contribution in [0.5, 0.6) is 0 Å². The molecule has 1 fully saturated rings. The molecule has 7 nitrogen and oxygen atoms in total. The van der Waals surface area contributed by atoms with Gasteiger partial charge in [0.25, 0.3) is 5.91 Å². The summed E-state index contributed by atoms with van der Waals surface area (Å²) < 4.78 is 0. The number of aliphatic hydroxyl groups excluding tert-OH is 1. The first kappa shape index (κ1) is 17.4. The fourth-order valence-corrected chi connectivity index (χ4v) is 3.78. The topological polar surface area (TPSA) is 104 Å². The van der Waals surface area contributed by atoms with Gasteiger partial charge in [-0.1, -0.05) is 32.0 Å². The lowest BCUT2D eigenvalue weighted by Crippen LogP contribution is -2.54. The standard InChI is InChI=1S/C18H23N3O4/c1-10(2)15(18(25)20-9-12(22)7-14(20)16(19)23)21-8-11-5-3-4-6-13(11)17(21)24/h3-6,10,12,14-15,22H,7-9H2,1-2H3,(H2,19,23)/t12-,14+,15+/m1/s1. The molecule has 0 bridgehead atoms. The van der Waals surface area contributed by atoms with Gasteiger partial charge in [-0.3, -0.25) is 14.4 Å². The highest BCUT2D eigenvalue weighted by Crippen LogP contribution is 2.29. The second-order valence-corrected chi connectivity index (χ2v) is 7.08. The van der Waals surface area contributed by atoms with Gasteiger partial charge in [0, 0.05) is 25.1 Å². The van der Waals surface area contributed by atoms with Crippen LogP contribution < -0.4 is 5.73 Å². The summed E-state index contributed by atoms with van der Waals surface area (Å²) in [7, 11) is 0. The van der Waals surface area contributed by atoms with Crippen molar-refractivity contribution in [2.24, 2.45) is 11.7 Å². The molecule has 0 unspecified atom stereocenters. The van der Waals surface area contributed by atoms with Gasteiger partial charge in [-0.05, 0) is 17.5 Å². The lowest BCUT2D eigenvalue weighted by molar-refractivity contribution is -0.142. The van der Waals surface area contributed by atoms with E-state index in [2.05, 4.69) is 0 Å². The largest absolute Gasteiger partial charge is 0.391 e. The number of amides is 3. The highest BCUT2D eigenvalue weighted by Gasteiger charge is 2.45. The summed E-state index contributed by atoms with van der Waals surface area (Å²) in [6, 6.07) is 5.76. The van der Waals surface area contributed by atoms with E-state index < -0.39 is 24.1 Å². The summed E-state index contributed by atoms with van der Waals surface area (Å²) in [4.78, 5) is 40.4. The van der Waals surface area contributed by atoms with E-state index in [9.17, 15) is 19.5 Å². The van der Waals surface area contributed by atoms with E-state index in [1.165, 1.54) is 4.90 Å².